The summed E-state index contributed by atoms with van der Waals surface area (Å²) in [5.41, 5.74) is 0. The van der Waals surface area contributed by atoms with E-state index in [-0.39, 0.29) is 0 Å². The molecule has 0 rings (SSSR count). The molecule has 0 saturated carbocycles. The SMILES string of the molecule is CC/C=C\C/C=C\C/C=C\CCCCCCC(C(=O)O)C(CCC/C=C\C/C=C\C/C=C\CCCCC)C(=O)O. The summed E-state index contributed by atoms with van der Waals surface area (Å²) in [4.78, 5) is 23.7. The van der Waals surface area contributed by atoms with Crippen molar-refractivity contribution in [1.82, 2.24) is 0 Å². The summed E-state index contributed by atoms with van der Waals surface area (Å²) in [5.74, 6) is -3.59. The Bertz CT molecular complexity index is 785. The van der Waals surface area contributed by atoms with Gasteiger partial charge in [-0.2, -0.15) is 0 Å². The molecular weight excluding hydrogens is 496 g/mol. The third-order valence-electron chi connectivity index (χ3n) is 6.94. The Labute approximate surface area is 245 Å². The van der Waals surface area contributed by atoms with Crippen molar-refractivity contribution in [3.63, 3.8) is 0 Å². The van der Waals surface area contributed by atoms with Crippen LogP contribution in [-0.2, 0) is 9.59 Å². The summed E-state index contributed by atoms with van der Waals surface area (Å²) in [6, 6.07) is 0. The lowest BCUT2D eigenvalue weighted by molar-refractivity contribution is -0.154. The van der Waals surface area contributed by atoms with Crippen LogP contribution in [0, 0.1) is 11.8 Å². The van der Waals surface area contributed by atoms with Crippen molar-refractivity contribution in [2.24, 2.45) is 11.8 Å². The molecule has 226 valence electrons. The molecule has 0 amide bonds. The number of carbonyl (C=O) groups is 2. The van der Waals surface area contributed by atoms with Gasteiger partial charge in [0.05, 0.1) is 11.8 Å². The number of aliphatic carboxylic acids is 2. The Morgan fingerprint density at radius 3 is 1.30 bits per heavy atom. The van der Waals surface area contributed by atoms with Crippen LogP contribution in [0.4, 0.5) is 0 Å². The molecule has 0 heterocycles. The lowest BCUT2D eigenvalue weighted by Gasteiger charge is -2.20. The normalized spacial score (nSPS) is 14.2. The highest BCUT2D eigenvalue weighted by molar-refractivity contribution is 5.79. The first-order valence-electron chi connectivity index (χ1n) is 15.9. The summed E-state index contributed by atoms with van der Waals surface area (Å²) >= 11 is 0. The molecule has 4 nitrogen and oxygen atoms in total. The summed E-state index contributed by atoms with van der Waals surface area (Å²) in [6.45, 7) is 4.35. The van der Waals surface area contributed by atoms with Gasteiger partial charge in [-0.3, -0.25) is 9.59 Å². The molecule has 0 aromatic rings. The van der Waals surface area contributed by atoms with Gasteiger partial charge in [0.2, 0.25) is 0 Å². The van der Waals surface area contributed by atoms with E-state index >= 15 is 0 Å². The van der Waals surface area contributed by atoms with E-state index in [2.05, 4.69) is 86.8 Å². The highest BCUT2D eigenvalue weighted by Gasteiger charge is 2.32. The van der Waals surface area contributed by atoms with Gasteiger partial charge in [0.15, 0.2) is 0 Å². The van der Waals surface area contributed by atoms with E-state index in [1.807, 2.05) is 0 Å². The number of carboxylic acid groups (broad SMARTS) is 2. The molecule has 0 aromatic heterocycles. The molecule has 0 aliphatic heterocycles. The average Bonchev–Trinajstić information content (AvgIpc) is 2.93. The van der Waals surface area contributed by atoms with Gasteiger partial charge in [0, 0.05) is 0 Å². The van der Waals surface area contributed by atoms with E-state index in [1.54, 1.807) is 0 Å². The first-order valence-corrected chi connectivity index (χ1v) is 15.9. The Morgan fingerprint density at radius 2 is 0.850 bits per heavy atom. The molecule has 0 saturated heterocycles. The van der Waals surface area contributed by atoms with Crippen LogP contribution < -0.4 is 0 Å². The minimum Gasteiger partial charge on any atom is -0.481 e. The Hall–Kier alpha value is -2.62. The van der Waals surface area contributed by atoms with Crippen LogP contribution in [0.15, 0.2) is 72.9 Å². The van der Waals surface area contributed by atoms with Gasteiger partial charge >= 0.3 is 11.9 Å². The molecule has 0 bridgehead atoms. The number of hydrogen-bond donors (Lipinski definition) is 2. The molecule has 40 heavy (non-hydrogen) atoms. The smallest absolute Gasteiger partial charge is 0.307 e. The molecule has 0 aromatic carbocycles. The maximum Gasteiger partial charge on any atom is 0.307 e. The maximum atomic E-state index is 11.9. The van der Waals surface area contributed by atoms with E-state index in [0.29, 0.717) is 19.3 Å². The molecule has 4 heteroatoms. The van der Waals surface area contributed by atoms with Crippen LogP contribution in [0.25, 0.3) is 0 Å². The van der Waals surface area contributed by atoms with E-state index < -0.39 is 23.8 Å². The largest absolute Gasteiger partial charge is 0.481 e. The van der Waals surface area contributed by atoms with Crippen molar-refractivity contribution in [2.75, 3.05) is 0 Å². The fourth-order valence-electron chi connectivity index (χ4n) is 4.55. The van der Waals surface area contributed by atoms with Gasteiger partial charge < -0.3 is 10.2 Å². The zero-order chi connectivity index (χ0) is 29.5. The molecule has 2 N–H and O–H groups in total. The van der Waals surface area contributed by atoms with Crippen LogP contribution in [0.2, 0.25) is 0 Å². The minimum absolute atomic E-state index is 0.406. The molecule has 0 radical (unpaired) electrons. The number of carboxylic acids is 2. The predicted molar refractivity (Wildman–Crippen MR) is 172 cm³/mol. The molecule has 0 aliphatic carbocycles. The van der Waals surface area contributed by atoms with Gasteiger partial charge in [0.25, 0.3) is 0 Å². The zero-order valence-corrected chi connectivity index (χ0v) is 25.5. The summed E-state index contributed by atoms with van der Waals surface area (Å²) in [6.07, 6.45) is 43.1. The fourth-order valence-corrected chi connectivity index (χ4v) is 4.55. The van der Waals surface area contributed by atoms with Crippen molar-refractivity contribution in [2.45, 2.75) is 129 Å². The van der Waals surface area contributed by atoms with Crippen LogP contribution >= 0.6 is 0 Å². The molecule has 2 atom stereocenters. The lowest BCUT2D eigenvalue weighted by Crippen LogP contribution is -2.30. The lowest BCUT2D eigenvalue weighted by atomic mass is 9.84. The zero-order valence-electron chi connectivity index (χ0n) is 25.5. The van der Waals surface area contributed by atoms with Crippen molar-refractivity contribution in [3.8, 4) is 0 Å². The highest BCUT2D eigenvalue weighted by Crippen LogP contribution is 2.25. The summed E-state index contributed by atoms with van der Waals surface area (Å²) in [5, 5.41) is 19.4. The highest BCUT2D eigenvalue weighted by atomic mass is 16.4. The molecule has 0 aliphatic rings. The predicted octanol–water partition coefficient (Wildman–Crippen LogP) is 10.8. The Morgan fingerprint density at radius 1 is 0.475 bits per heavy atom. The third kappa shape index (κ3) is 24.4. The molecular formula is C36H58O4. The molecule has 0 fully saturated rings. The minimum atomic E-state index is -0.984. The van der Waals surface area contributed by atoms with Crippen LogP contribution in [-0.4, -0.2) is 22.2 Å². The molecule has 0 spiro atoms. The number of unbranched alkanes of at least 4 members (excludes halogenated alkanes) is 8. The maximum absolute atomic E-state index is 11.9. The van der Waals surface area contributed by atoms with Crippen LogP contribution in [0.1, 0.15) is 129 Å². The first-order chi connectivity index (χ1) is 19.5. The molecule has 2 unspecified atom stereocenters. The van der Waals surface area contributed by atoms with Crippen molar-refractivity contribution in [3.05, 3.63) is 72.9 Å². The first kappa shape index (κ1) is 37.4. The average molecular weight is 555 g/mol. The Balaban J connectivity index is 4.13. The summed E-state index contributed by atoms with van der Waals surface area (Å²) < 4.78 is 0. The number of allylic oxidation sites excluding steroid dienone is 12. The second kappa shape index (κ2) is 29.4. The second-order valence-corrected chi connectivity index (χ2v) is 10.5. The van der Waals surface area contributed by atoms with E-state index in [0.717, 1.165) is 77.0 Å². The topological polar surface area (TPSA) is 74.6 Å². The van der Waals surface area contributed by atoms with Gasteiger partial charge in [0.1, 0.15) is 0 Å². The monoisotopic (exact) mass is 554 g/mol. The van der Waals surface area contributed by atoms with Gasteiger partial charge in [-0.25, -0.2) is 0 Å². The van der Waals surface area contributed by atoms with Gasteiger partial charge in [-0.05, 0) is 83.5 Å². The number of rotatable bonds is 27. The van der Waals surface area contributed by atoms with Crippen LogP contribution in [0.3, 0.4) is 0 Å². The standard InChI is InChI=1S/C36H58O4/c1-3-5-7-9-11-13-15-17-19-21-23-25-27-29-31-33(35(37)38)34(36(39)40)32-30-28-26-24-22-20-18-16-14-12-10-8-6-4-2/h5,7,11-14,17-20,24,26,33-34H,3-4,6,8-10,15-16,21-23,25,27-32H2,1-2H3,(H,37,38)(H,39,40)/b7-5-,13-11-,14-12-,19-17-,20-18-,26-24-. The van der Waals surface area contributed by atoms with Crippen molar-refractivity contribution >= 4 is 11.9 Å². The van der Waals surface area contributed by atoms with Gasteiger partial charge in [-0.1, -0.05) is 119 Å². The Kier molecular flexibility index (Phi) is 27.4. The second-order valence-electron chi connectivity index (χ2n) is 10.5. The summed E-state index contributed by atoms with van der Waals surface area (Å²) in [7, 11) is 0. The quantitative estimate of drug-likeness (QED) is 0.0782. The van der Waals surface area contributed by atoms with E-state index in [4.69, 9.17) is 0 Å². The van der Waals surface area contributed by atoms with Crippen molar-refractivity contribution in [1.29, 1.82) is 0 Å². The van der Waals surface area contributed by atoms with Gasteiger partial charge in [-0.15, -0.1) is 0 Å². The van der Waals surface area contributed by atoms with Crippen LogP contribution in [0.5, 0.6) is 0 Å². The van der Waals surface area contributed by atoms with E-state index in [9.17, 15) is 19.8 Å². The number of hydrogen-bond acceptors (Lipinski definition) is 2. The third-order valence-corrected chi connectivity index (χ3v) is 6.94. The van der Waals surface area contributed by atoms with Crippen molar-refractivity contribution < 1.29 is 19.8 Å². The van der Waals surface area contributed by atoms with E-state index in [1.165, 1.54) is 19.3 Å². The fraction of sp³-hybridized carbons (Fsp3) is 0.611.